The molecule has 1 aromatic heterocycles. The van der Waals surface area contributed by atoms with Crippen molar-refractivity contribution in [3.63, 3.8) is 0 Å². The summed E-state index contributed by atoms with van der Waals surface area (Å²) in [7, 11) is 0. The molecule has 5 nitrogen and oxygen atoms in total. The van der Waals surface area contributed by atoms with E-state index < -0.39 is 12.6 Å². The van der Waals surface area contributed by atoms with Gasteiger partial charge in [-0.2, -0.15) is 0 Å². The summed E-state index contributed by atoms with van der Waals surface area (Å²) < 4.78 is 19.8. The van der Waals surface area contributed by atoms with E-state index in [2.05, 4.69) is 5.10 Å². The highest BCUT2D eigenvalue weighted by atomic mass is 35.5. The van der Waals surface area contributed by atoms with Crippen LogP contribution in [-0.2, 0) is 4.79 Å². The summed E-state index contributed by atoms with van der Waals surface area (Å²) >= 11 is 12.2. The van der Waals surface area contributed by atoms with Crippen LogP contribution in [0.25, 0.3) is 16.9 Å². The number of carboxylic acid groups (broad SMARTS) is 1. The van der Waals surface area contributed by atoms with Crippen molar-refractivity contribution >= 4 is 29.2 Å². The second-order valence-corrected chi connectivity index (χ2v) is 5.91. The summed E-state index contributed by atoms with van der Waals surface area (Å²) in [5, 5.41) is 13.9. The average Bonchev–Trinajstić information content (AvgIpc) is 2.97. The third kappa shape index (κ3) is 3.92. The van der Waals surface area contributed by atoms with Gasteiger partial charge in [0.25, 0.3) is 0 Å². The summed E-state index contributed by atoms with van der Waals surface area (Å²) in [5.74, 6) is -1.40. The zero-order valence-corrected chi connectivity index (χ0v) is 14.1. The molecule has 2 aromatic carbocycles. The molecule has 3 rings (SSSR count). The van der Waals surface area contributed by atoms with Crippen molar-refractivity contribution in [2.75, 3.05) is 6.61 Å². The number of aliphatic carboxylic acids is 1. The molecule has 0 saturated heterocycles. The lowest BCUT2D eigenvalue weighted by Crippen LogP contribution is -2.10. The molecule has 0 saturated carbocycles. The second-order valence-electron chi connectivity index (χ2n) is 5.06. The first-order valence-corrected chi connectivity index (χ1v) is 7.85. The first kappa shape index (κ1) is 17.3. The van der Waals surface area contributed by atoms with Crippen molar-refractivity contribution in [2.24, 2.45) is 0 Å². The number of hydrogen-bond acceptors (Lipinski definition) is 3. The molecule has 0 radical (unpaired) electrons. The van der Waals surface area contributed by atoms with Gasteiger partial charge in [-0.3, -0.25) is 0 Å². The van der Waals surface area contributed by atoms with E-state index in [-0.39, 0.29) is 11.7 Å². The number of carbonyl (C=O) groups is 1. The molecule has 0 amide bonds. The van der Waals surface area contributed by atoms with Crippen LogP contribution in [0.1, 0.15) is 0 Å². The Bertz CT molecular complexity index is 926. The molecule has 0 aliphatic heterocycles. The molecule has 0 fully saturated rings. The van der Waals surface area contributed by atoms with E-state index in [9.17, 15) is 9.18 Å². The van der Waals surface area contributed by atoms with Gasteiger partial charge in [0.15, 0.2) is 6.61 Å². The molecule has 1 heterocycles. The Balaban J connectivity index is 2.10. The first-order valence-electron chi connectivity index (χ1n) is 7.10. The lowest BCUT2D eigenvalue weighted by Gasteiger charge is -2.09. The van der Waals surface area contributed by atoms with Crippen LogP contribution in [0.15, 0.2) is 48.5 Å². The minimum atomic E-state index is -1.12. The van der Waals surface area contributed by atoms with Crippen LogP contribution < -0.4 is 4.74 Å². The highest BCUT2D eigenvalue weighted by Crippen LogP contribution is 2.33. The lowest BCUT2D eigenvalue weighted by molar-refractivity contribution is -0.139. The van der Waals surface area contributed by atoms with Crippen molar-refractivity contribution in [1.29, 1.82) is 0 Å². The zero-order chi connectivity index (χ0) is 18.0. The highest BCUT2D eigenvalue weighted by molar-refractivity contribution is 6.36. The van der Waals surface area contributed by atoms with Crippen LogP contribution in [0, 0.1) is 5.82 Å². The Labute approximate surface area is 152 Å². The van der Waals surface area contributed by atoms with Crippen molar-refractivity contribution in [1.82, 2.24) is 9.78 Å². The molecule has 0 aliphatic rings. The van der Waals surface area contributed by atoms with E-state index in [1.54, 1.807) is 24.3 Å². The molecule has 0 unspecified atom stereocenters. The quantitative estimate of drug-likeness (QED) is 0.709. The lowest BCUT2D eigenvalue weighted by atomic mass is 10.1. The highest BCUT2D eigenvalue weighted by Gasteiger charge is 2.16. The van der Waals surface area contributed by atoms with Crippen molar-refractivity contribution < 1.29 is 19.0 Å². The number of benzene rings is 2. The fourth-order valence-corrected chi connectivity index (χ4v) is 2.74. The SMILES string of the molecule is O=C(O)COc1cc(-c2ccc(Cl)cc2Cl)n(-c2ccc(F)cc2)n1. The summed E-state index contributed by atoms with van der Waals surface area (Å²) in [6, 6.07) is 12.2. The summed E-state index contributed by atoms with van der Waals surface area (Å²) in [6.07, 6.45) is 0. The predicted octanol–water partition coefficient (Wildman–Crippen LogP) is 4.45. The summed E-state index contributed by atoms with van der Waals surface area (Å²) in [6.45, 7) is -0.534. The fraction of sp³-hybridized carbons (Fsp3) is 0.0588. The molecular weight excluding hydrogens is 370 g/mol. The number of ether oxygens (including phenoxy) is 1. The van der Waals surface area contributed by atoms with Gasteiger partial charge in [0.2, 0.25) is 5.88 Å². The summed E-state index contributed by atoms with van der Waals surface area (Å²) in [5.41, 5.74) is 1.73. The van der Waals surface area contributed by atoms with Crippen LogP contribution >= 0.6 is 23.2 Å². The standard InChI is InChI=1S/C17H11Cl2FN2O3/c18-10-1-6-13(14(19)7-10)15-8-16(25-9-17(23)24)21-22(15)12-4-2-11(20)3-5-12/h1-8H,9H2,(H,23,24). The van der Waals surface area contributed by atoms with Gasteiger partial charge in [-0.05, 0) is 42.5 Å². The van der Waals surface area contributed by atoms with E-state index in [1.807, 2.05) is 0 Å². The van der Waals surface area contributed by atoms with Gasteiger partial charge in [0.1, 0.15) is 5.82 Å². The molecule has 0 atom stereocenters. The van der Waals surface area contributed by atoms with Crippen molar-refractivity contribution in [3.8, 4) is 22.8 Å². The Kier molecular flexibility index (Phi) is 4.92. The summed E-state index contributed by atoms with van der Waals surface area (Å²) in [4.78, 5) is 10.7. The second kappa shape index (κ2) is 7.13. The van der Waals surface area contributed by atoms with Crippen LogP contribution in [0.5, 0.6) is 5.88 Å². The Morgan fingerprint density at radius 3 is 2.52 bits per heavy atom. The van der Waals surface area contributed by atoms with Gasteiger partial charge < -0.3 is 9.84 Å². The van der Waals surface area contributed by atoms with Crippen LogP contribution in [0.3, 0.4) is 0 Å². The minimum absolute atomic E-state index is 0.104. The van der Waals surface area contributed by atoms with E-state index in [4.69, 9.17) is 33.0 Å². The third-order valence-electron chi connectivity index (χ3n) is 3.31. The number of rotatable bonds is 5. The third-order valence-corrected chi connectivity index (χ3v) is 3.86. The molecule has 0 aliphatic carbocycles. The van der Waals surface area contributed by atoms with Crippen molar-refractivity contribution in [3.05, 3.63) is 64.4 Å². The Morgan fingerprint density at radius 1 is 1.16 bits per heavy atom. The van der Waals surface area contributed by atoms with E-state index >= 15 is 0 Å². The maximum absolute atomic E-state index is 13.2. The number of nitrogens with zero attached hydrogens (tertiary/aromatic N) is 2. The van der Waals surface area contributed by atoms with E-state index in [0.717, 1.165) is 0 Å². The fourth-order valence-electron chi connectivity index (χ4n) is 2.23. The van der Waals surface area contributed by atoms with Crippen LogP contribution in [0.4, 0.5) is 4.39 Å². The maximum Gasteiger partial charge on any atom is 0.341 e. The molecular formula is C17H11Cl2FN2O3. The average molecular weight is 381 g/mol. The maximum atomic E-state index is 13.2. The molecule has 25 heavy (non-hydrogen) atoms. The smallest absolute Gasteiger partial charge is 0.341 e. The van der Waals surface area contributed by atoms with Crippen LogP contribution in [-0.4, -0.2) is 27.5 Å². The molecule has 3 aromatic rings. The van der Waals surface area contributed by atoms with E-state index in [0.29, 0.717) is 27.0 Å². The Morgan fingerprint density at radius 2 is 1.88 bits per heavy atom. The minimum Gasteiger partial charge on any atom is -0.479 e. The molecule has 8 heteroatoms. The van der Waals surface area contributed by atoms with Gasteiger partial charge >= 0.3 is 5.97 Å². The number of hydrogen-bond donors (Lipinski definition) is 1. The molecule has 1 N–H and O–H groups in total. The monoisotopic (exact) mass is 380 g/mol. The Hall–Kier alpha value is -2.57. The van der Waals surface area contributed by atoms with Gasteiger partial charge in [-0.25, -0.2) is 13.9 Å². The number of aromatic nitrogens is 2. The van der Waals surface area contributed by atoms with Crippen molar-refractivity contribution in [2.45, 2.75) is 0 Å². The predicted molar refractivity (Wildman–Crippen MR) is 92.1 cm³/mol. The van der Waals surface area contributed by atoms with Crippen LogP contribution in [0.2, 0.25) is 10.0 Å². The first-order chi connectivity index (χ1) is 11.9. The van der Waals surface area contributed by atoms with Gasteiger partial charge in [-0.15, -0.1) is 5.10 Å². The molecule has 128 valence electrons. The van der Waals surface area contributed by atoms with Gasteiger partial charge in [0, 0.05) is 16.7 Å². The topological polar surface area (TPSA) is 64.3 Å². The van der Waals surface area contributed by atoms with Gasteiger partial charge in [-0.1, -0.05) is 23.2 Å². The normalized spacial score (nSPS) is 10.7. The molecule has 0 bridgehead atoms. The number of halogens is 3. The zero-order valence-electron chi connectivity index (χ0n) is 12.6. The van der Waals surface area contributed by atoms with Gasteiger partial charge in [0.05, 0.1) is 16.4 Å². The number of carboxylic acids is 1. The largest absolute Gasteiger partial charge is 0.479 e. The molecule has 0 spiro atoms. The van der Waals surface area contributed by atoms with E-state index in [1.165, 1.54) is 28.9 Å².